The second kappa shape index (κ2) is 6.00. The second-order valence-electron chi connectivity index (χ2n) is 3.05. The van der Waals surface area contributed by atoms with Crippen LogP contribution in [0.2, 0.25) is 5.02 Å². The minimum absolute atomic E-state index is 0.194. The molecule has 0 heterocycles. The van der Waals surface area contributed by atoms with Gasteiger partial charge in [0.2, 0.25) is 0 Å². The third-order valence-electron chi connectivity index (χ3n) is 2.04. The number of carbonyl (C=O) groups is 1. The number of rotatable bonds is 3. The van der Waals surface area contributed by atoms with Crippen molar-refractivity contribution in [1.29, 1.82) is 0 Å². The van der Waals surface area contributed by atoms with Gasteiger partial charge in [-0.1, -0.05) is 33.6 Å². The Morgan fingerprint density at radius 1 is 1.56 bits per heavy atom. The highest BCUT2D eigenvalue weighted by Crippen LogP contribution is 2.30. The van der Waals surface area contributed by atoms with Crippen LogP contribution >= 0.6 is 43.5 Å². The molecule has 1 aromatic carbocycles. The molecule has 0 aliphatic heterocycles. The number of benzene rings is 1. The fourth-order valence-electron chi connectivity index (χ4n) is 1.06. The standard InChI is InChI=1S/C10H10Br2ClNO2/c1-14(16-2)10(15)9(12)6-3-4-7(11)8(13)5-6/h3-5,9H,1-2H3. The van der Waals surface area contributed by atoms with Crippen molar-refractivity contribution in [3.05, 3.63) is 33.3 Å². The van der Waals surface area contributed by atoms with Gasteiger partial charge in [-0.25, -0.2) is 5.06 Å². The Kier molecular flexibility index (Phi) is 5.24. The zero-order valence-electron chi connectivity index (χ0n) is 8.71. The van der Waals surface area contributed by atoms with E-state index in [1.165, 1.54) is 7.11 Å². The van der Waals surface area contributed by atoms with Crippen LogP contribution in [0.1, 0.15) is 10.4 Å². The van der Waals surface area contributed by atoms with Gasteiger partial charge in [0.15, 0.2) is 0 Å². The van der Waals surface area contributed by atoms with Crippen molar-refractivity contribution < 1.29 is 9.63 Å². The molecule has 16 heavy (non-hydrogen) atoms. The first-order valence-corrected chi connectivity index (χ1v) is 6.46. The predicted molar refractivity (Wildman–Crippen MR) is 70.6 cm³/mol. The molecule has 0 aromatic heterocycles. The van der Waals surface area contributed by atoms with Crippen LogP contribution in [0.25, 0.3) is 0 Å². The van der Waals surface area contributed by atoms with Crippen molar-refractivity contribution in [2.75, 3.05) is 14.2 Å². The van der Waals surface area contributed by atoms with Crippen LogP contribution < -0.4 is 0 Å². The first-order valence-electron chi connectivity index (χ1n) is 4.38. The van der Waals surface area contributed by atoms with Crippen LogP contribution in [0.3, 0.4) is 0 Å². The van der Waals surface area contributed by atoms with Crippen molar-refractivity contribution in [1.82, 2.24) is 5.06 Å². The molecule has 1 amide bonds. The number of alkyl halides is 1. The number of hydroxylamine groups is 2. The zero-order chi connectivity index (χ0) is 12.3. The molecule has 0 saturated carbocycles. The molecular formula is C10H10Br2ClNO2. The summed E-state index contributed by atoms with van der Waals surface area (Å²) >= 11 is 12.5. The molecule has 1 unspecified atom stereocenters. The lowest BCUT2D eigenvalue weighted by atomic mass is 10.1. The quantitative estimate of drug-likeness (QED) is 0.601. The van der Waals surface area contributed by atoms with Gasteiger partial charge in [0.05, 0.1) is 12.1 Å². The monoisotopic (exact) mass is 369 g/mol. The molecular weight excluding hydrogens is 361 g/mol. The van der Waals surface area contributed by atoms with Crippen LogP contribution in [-0.4, -0.2) is 25.1 Å². The second-order valence-corrected chi connectivity index (χ2v) is 5.23. The predicted octanol–water partition coefficient (Wildman–Crippen LogP) is 3.56. The summed E-state index contributed by atoms with van der Waals surface area (Å²) < 4.78 is 0.796. The number of likely N-dealkylation sites (N-methyl/N-ethyl adjacent to an activating group) is 1. The van der Waals surface area contributed by atoms with Gasteiger partial charge in [-0.2, -0.15) is 0 Å². The van der Waals surface area contributed by atoms with E-state index in [2.05, 4.69) is 31.9 Å². The summed E-state index contributed by atoms with van der Waals surface area (Å²) in [7, 11) is 2.99. The summed E-state index contributed by atoms with van der Waals surface area (Å²) in [6.07, 6.45) is 0. The Morgan fingerprint density at radius 2 is 2.19 bits per heavy atom. The average molecular weight is 371 g/mol. The zero-order valence-corrected chi connectivity index (χ0v) is 12.6. The first-order chi connectivity index (χ1) is 7.47. The minimum atomic E-state index is -0.469. The Balaban J connectivity index is 2.92. The van der Waals surface area contributed by atoms with Crippen molar-refractivity contribution >= 4 is 49.4 Å². The summed E-state index contributed by atoms with van der Waals surface area (Å²) in [5, 5.41) is 1.73. The van der Waals surface area contributed by atoms with Crippen molar-refractivity contribution in [2.45, 2.75) is 4.83 Å². The molecule has 6 heteroatoms. The molecule has 0 aliphatic rings. The summed E-state index contributed by atoms with van der Waals surface area (Å²) in [5.41, 5.74) is 0.780. The maximum atomic E-state index is 11.8. The Morgan fingerprint density at radius 3 is 2.69 bits per heavy atom. The third kappa shape index (κ3) is 3.20. The van der Waals surface area contributed by atoms with Crippen molar-refractivity contribution in [3.63, 3.8) is 0 Å². The van der Waals surface area contributed by atoms with Crippen molar-refractivity contribution in [3.8, 4) is 0 Å². The van der Waals surface area contributed by atoms with E-state index in [0.717, 1.165) is 15.1 Å². The van der Waals surface area contributed by atoms with Gasteiger partial charge < -0.3 is 0 Å². The van der Waals surface area contributed by atoms with Gasteiger partial charge in [0, 0.05) is 11.5 Å². The third-order valence-corrected chi connectivity index (χ3v) is 4.19. The highest BCUT2D eigenvalue weighted by molar-refractivity contribution is 9.10. The summed E-state index contributed by atoms with van der Waals surface area (Å²) in [5.74, 6) is -0.194. The topological polar surface area (TPSA) is 29.5 Å². The summed E-state index contributed by atoms with van der Waals surface area (Å²) in [4.78, 5) is 16.1. The molecule has 1 aromatic rings. The molecule has 0 bridgehead atoms. The SMILES string of the molecule is CON(C)C(=O)C(Br)c1ccc(Br)c(Cl)c1. The maximum absolute atomic E-state index is 11.8. The molecule has 88 valence electrons. The van der Waals surface area contributed by atoms with E-state index in [9.17, 15) is 4.79 Å². The first kappa shape index (κ1) is 14.0. The molecule has 1 atom stereocenters. The summed E-state index contributed by atoms with van der Waals surface area (Å²) in [6, 6.07) is 5.34. The Bertz CT molecular complexity index is 400. The molecule has 0 aliphatic carbocycles. The van der Waals surface area contributed by atoms with Gasteiger partial charge in [0.1, 0.15) is 4.83 Å². The molecule has 0 N–H and O–H groups in total. The minimum Gasteiger partial charge on any atom is -0.275 e. The smallest absolute Gasteiger partial charge is 0.264 e. The van der Waals surface area contributed by atoms with Crippen LogP contribution in [0.15, 0.2) is 22.7 Å². The fraction of sp³-hybridized carbons (Fsp3) is 0.300. The Hall–Kier alpha value is -0.100. The molecule has 3 nitrogen and oxygen atoms in total. The highest BCUT2D eigenvalue weighted by atomic mass is 79.9. The molecule has 0 spiro atoms. The number of hydrogen-bond donors (Lipinski definition) is 0. The maximum Gasteiger partial charge on any atom is 0.264 e. The number of hydrogen-bond acceptors (Lipinski definition) is 2. The van der Waals surface area contributed by atoms with Crippen molar-refractivity contribution in [2.24, 2.45) is 0 Å². The number of amides is 1. The number of nitrogens with zero attached hydrogens (tertiary/aromatic N) is 1. The van der Waals surface area contributed by atoms with E-state index in [1.54, 1.807) is 19.2 Å². The van der Waals surface area contributed by atoms with E-state index in [0.29, 0.717) is 5.02 Å². The fourth-order valence-corrected chi connectivity index (χ4v) is 2.07. The number of halogens is 3. The highest BCUT2D eigenvalue weighted by Gasteiger charge is 2.21. The molecule has 0 radical (unpaired) electrons. The van der Waals surface area contributed by atoms with E-state index < -0.39 is 4.83 Å². The van der Waals surface area contributed by atoms with Crippen LogP contribution in [0.4, 0.5) is 0 Å². The lowest BCUT2D eigenvalue weighted by Crippen LogP contribution is -2.28. The normalized spacial score (nSPS) is 12.3. The van der Waals surface area contributed by atoms with E-state index >= 15 is 0 Å². The van der Waals surface area contributed by atoms with Crippen LogP contribution in [-0.2, 0) is 9.63 Å². The van der Waals surface area contributed by atoms with Gasteiger partial charge in [-0.05, 0) is 33.6 Å². The van der Waals surface area contributed by atoms with Crippen LogP contribution in [0.5, 0.6) is 0 Å². The average Bonchev–Trinajstić information content (AvgIpc) is 2.29. The van der Waals surface area contributed by atoms with E-state index in [1.807, 2.05) is 6.07 Å². The Labute approximate surface area is 116 Å². The largest absolute Gasteiger partial charge is 0.275 e. The molecule has 1 rings (SSSR count). The van der Waals surface area contributed by atoms with E-state index in [-0.39, 0.29) is 5.91 Å². The molecule has 0 fully saturated rings. The van der Waals surface area contributed by atoms with Gasteiger partial charge in [-0.15, -0.1) is 0 Å². The van der Waals surface area contributed by atoms with Gasteiger partial charge in [-0.3, -0.25) is 9.63 Å². The van der Waals surface area contributed by atoms with Crippen LogP contribution in [0, 0.1) is 0 Å². The lowest BCUT2D eigenvalue weighted by Gasteiger charge is -2.18. The molecule has 0 saturated heterocycles. The van der Waals surface area contributed by atoms with Gasteiger partial charge in [0.25, 0.3) is 5.91 Å². The number of carbonyl (C=O) groups excluding carboxylic acids is 1. The van der Waals surface area contributed by atoms with Gasteiger partial charge >= 0.3 is 0 Å². The van der Waals surface area contributed by atoms with E-state index in [4.69, 9.17) is 16.4 Å². The lowest BCUT2D eigenvalue weighted by molar-refractivity contribution is -0.167. The summed E-state index contributed by atoms with van der Waals surface area (Å²) in [6.45, 7) is 0.